The minimum absolute atomic E-state index is 0.0482. The van der Waals surface area contributed by atoms with Crippen LogP contribution < -0.4 is 10.9 Å². The Morgan fingerprint density at radius 1 is 1.05 bits per heavy atom. The van der Waals surface area contributed by atoms with Crippen LogP contribution in [0, 0.1) is 6.92 Å². The quantitative estimate of drug-likeness (QED) is 0.296. The Labute approximate surface area is 227 Å². The van der Waals surface area contributed by atoms with E-state index in [9.17, 15) is 18.0 Å². The molecule has 2 N–H and O–H groups in total. The lowest BCUT2D eigenvalue weighted by Crippen LogP contribution is -2.37. The first-order valence-corrected chi connectivity index (χ1v) is 13.7. The van der Waals surface area contributed by atoms with Gasteiger partial charge in [-0.15, -0.1) is 0 Å². The third-order valence-electron chi connectivity index (χ3n) is 5.37. The molecule has 0 aliphatic heterocycles. The highest BCUT2D eigenvalue weighted by atomic mass is 79.9. The second-order valence-electron chi connectivity index (χ2n) is 8.18. The third-order valence-corrected chi connectivity index (χ3v) is 8.07. The number of halogens is 2. The maximum Gasteiger partial charge on any atom is 0.251 e. The summed E-state index contributed by atoms with van der Waals surface area (Å²) < 4.78 is 28.8. The fourth-order valence-corrected chi connectivity index (χ4v) is 5.45. The van der Waals surface area contributed by atoms with Gasteiger partial charge in [0.15, 0.2) is 0 Å². The van der Waals surface area contributed by atoms with E-state index in [0.29, 0.717) is 33.4 Å². The van der Waals surface area contributed by atoms with Gasteiger partial charge in [0.05, 0.1) is 11.4 Å². The Hall–Kier alpha value is -3.31. The number of anilines is 1. The van der Waals surface area contributed by atoms with E-state index in [1.165, 1.54) is 18.2 Å². The number of hydrogen-bond donors (Lipinski definition) is 2. The van der Waals surface area contributed by atoms with Gasteiger partial charge >= 0.3 is 0 Å². The monoisotopic (exact) mass is 600 g/mol. The topological polar surface area (TPSA) is 112 Å². The number of amides is 1. The second kappa shape index (κ2) is 11.4. The molecule has 0 bridgehead atoms. The van der Waals surface area contributed by atoms with Crippen LogP contribution >= 0.6 is 27.5 Å². The minimum atomic E-state index is -4.04. The standard InChI is InChI=1S/C26H22BrClN4O4S/c1-17-13-24(33)31-26(29-17)18-6-4-7-21(14-18)30-25(34)16-32(15-19-5-2-3-8-23(19)28)37(35,36)22-11-9-20(27)10-12-22/h2-14H,15-16H2,1H3,(H,30,34)(H,29,31,33). The first-order chi connectivity index (χ1) is 17.6. The molecule has 0 radical (unpaired) electrons. The normalized spacial score (nSPS) is 11.5. The highest BCUT2D eigenvalue weighted by Crippen LogP contribution is 2.24. The lowest BCUT2D eigenvalue weighted by atomic mass is 10.2. The zero-order valence-corrected chi connectivity index (χ0v) is 22.8. The fourth-order valence-electron chi connectivity index (χ4n) is 3.62. The van der Waals surface area contributed by atoms with Crippen molar-refractivity contribution in [3.8, 4) is 11.4 Å². The predicted molar refractivity (Wildman–Crippen MR) is 147 cm³/mol. The molecule has 1 amide bonds. The number of sulfonamides is 1. The number of nitrogens with one attached hydrogen (secondary N) is 2. The van der Waals surface area contributed by atoms with E-state index in [4.69, 9.17) is 11.6 Å². The van der Waals surface area contributed by atoms with Crippen LogP contribution in [-0.4, -0.2) is 35.1 Å². The summed E-state index contributed by atoms with van der Waals surface area (Å²) in [5, 5.41) is 3.13. The van der Waals surface area contributed by atoms with Gasteiger partial charge in [0.2, 0.25) is 15.9 Å². The Morgan fingerprint density at radius 3 is 2.49 bits per heavy atom. The molecule has 3 aromatic carbocycles. The average molecular weight is 602 g/mol. The molecular weight excluding hydrogens is 580 g/mol. The summed E-state index contributed by atoms with van der Waals surface area (Å²) in [6.45, 7) is 1.16. The highest BCUT2D eigenvalue weighted by molar-refractivity contribution is 9.10. The minimum Gasteiger partial charge on any atom is -0.325 e. The van der Waals surface area contributed by atoms with Crippen molar-refractivity contribution in [1.29, 1.82) is 0 Å². The van der Waals surface area contributed by atoms with E-state index in [1.54, 1.807) is 67.6 Å². The van der Waals surface area contributed by atoms with Crippen molar-refractivity contribution in [1.82, 2.24) is 14.3 Å². The van der Waals surface area contributed by atoms with E-state index < -0.39 is 22.5 Å². The van der Waals surface area contributed by atoms with E-state index >= 15 is 0 Å². The van der Waals surface area contributed by atoms with Crippen molar-refractivity contribution in [2.45, 2.75) is 18.4 Å². The molecule has 0 saturated heterocycles. The molecule has 0 fully saturated rings. The van der Waals surface area contributed by atoms with Crippen molar-refractivity contribution >= 4 is 49.1 Å². The first kappa shape index (κ1) is 26.7. The SMILES string of the molecule is Cc1cc(=O)[nH]c(-c2cccc(NC(=O)CN(Cc3ccccc3Cl)S(=O)(=O)c3ccc(Br)cc3)c2)n1. The average Bonchev–Trinajstić information content (AvgIpc) is 2.85. The second-order valence-corrected chi connectivity index (χ2v) is 11.4. The molecule has 4 rings (SSSR count). The van der Waals surface area contributed by atoms with Crippen molar-refractivity contribution < 1.29 is 13.2 Å². The number of benzene rings is 3. The number of carbonyl (C=O) groups is 1. The van der Waals surface area contributed by atoms with Gasteiger partial charge in [-0.1, -0.05) is 57.9 Å². The van der Waals surface area contributed by atoms with Gasteiger partial charge in [0, 0.05) is 39.1 Å². The highest BCUT2D eigenvalue weighted by Gasteiger charge is 2.27. The molecule has 4 aromatic rings. The van der Waals surface area contributed by atoms with Gasteiger partial charge in [-0.25, -0.2) is 13.4 Å². The van der Waals surface area contributed by atoms with E-state index in [1.807, 2.05) is 0 Å². The first-order valence-electron chi connectivity index (χ1n) is 11.1. The number of H-pyrrole nitrogens is 1. The lowest BCUT2D eigenvalue weighted by molar-refractivity contribution is -0.116. The third kappa shape index (κ3) is 6.72. The van der Waals surface area contributed by atoms with Gasteiger partial charge in [0.25, 0.3) is 5.56 Å². The molecule has 190 valence electrons. The van der Waals surface area contributed by atoms with Gasteiger partial charge in [-0.3, -0.25) is 9.59 Å². The van der Waals surface area contributed by atoms with Crippen LogP contribution in [-0.2, 0) is 21.4 Å². The summed E-state index contributed by atoms with van der Waals surface area (Å²) in [5.41, 5.74) is 1.85. The number of hydrogen-bond acceptors (Lipinski definition) is 5. The Bertz CT molecular complexity index is 1610. The van der Waals surface area contributed by atoms with Crippen LogP contribution in [0.3, 0.4) is 0 Å². The molecule has 1 heterocycles. The molecule has 37 heavy (non-hydrogen) atoms. The number of aryl methyl sites for hydroxylation is 1. The molecule has 0 saturated carbocycles. The molecule has 0 unspecified atom stereocenters. The van der Waals surface area contributed by atoms with Crippen LogP contribution in [0.2, 0.25) is 5.02 Å². The summed E-state index contributed by atoms with van der Waals surface area (Å²) in [5.74, 6) is -0.185. The van der Waals surface area contributed by atoms with E-state index in [0.717, 1.165) is 8.78 Å². The van der Waals surface area contributed by atoms with Crippen LogP contribution in [0.1, 0.15) is 11.3 Å². The molecule has 11 heteroatoms. The Morgan fingerprint density at radius 2 is 1.78 bits per heavy atom. The maximum atomic E-state index is 13.5. The van der Waals surface area contributed by atoms with Crippen LogP contribution in [0.25, 0.3) is 11.4 Å². The number of aromatic amines is 1. The van der Waals surface area contributed by atoms with Crippen molar-refractivity contribution in [3.63, 3.8) is 0 Å². The largest absolute Gasteiger partial charge is 0.325 e. The molecule has 0 aliphatic rings. The summed E-state index contributed by atoms with van der Waals surface area (Å²) in [6.07, 6.45) is 0. The number of carbonyl (C=O) groups excluding carboxylic acids is 1. The summed E-state index contributed by atoms with van der Waals surface area (Å²) >= 11 is 9.60. The van der Waals surface area contributed by atoms with E-state index in [2.05, 4.69) is 31.2 Å². The van der Waals surface area contributed by atoms with Crippen LogP contribution in [0.4, 0.5) is 5.69 Å². The molecule has 0 spiro atoms. The molecule has 1 aromatic heterocycles. The number of rotatable bonds is 8. The molecule has 0 atom stereocenters. The number of aromatic nitrogens is 2. The Kier molecular flexibility index (Phi) is 8.23. The lowest BCUT2D eigenvalue weighted by Gasteiger charge is -2.22. The van der Waals surface area contributed by atoms with Crippen LogP contribution in [0.5, 0.6) is 0 Å². The molecule has 0 aliphatic carbocycles. The van der Waals surface area contributed by atoms with Gasteiger partial charge in [-0.05, 0) is 55.0 Å². The van der Waals surface area contributed by atoms with Gasteiger partial charge in [-0.2, -0.15) is 4.31 Å². The van der Waals surface area contributed by atoms with Crippen LogP contribution in [0.15, 0.2) is 93.0 Å². The summed E-state index contributed by atoms with van der Waals surface area (Å²) in [4.78, 5) is 31.9. The zero-order chi connectivity index (χ0) is 26.6. The number of nitrogens with zero attached hydrogens (tertiary/aromatic N) is 2. The van der Waals surface area contributed by atoms with Gasteiger partial charge in [0.1, 0.15) is 5.82 Å². The smallest absolute Gasteiger partial charge is 0.251 e. The van der Waals surface area contributed by atoms with Crippen molar-refractivity contribution in [2.24, 2.45) is 0 Å². The maximum absolute atomic E-state index is 13.5. The summed E-state index contributed by atoms with van der Waals surface area (Å²) in [7, 11) is -4.04. The predicted octanol–water partition coefficient (Wildman–Crippen LogP) is 4.99. The Balaban J connectivity index is 1.60. The van der Waals surface area contributed by atoms with E-state index in [-0.39, 0.29) is 17.0 Å². The summed E-state index contributed by atoms with van der Waals surface area (Å²) in [6, 6.07) is 21.2. The van der Waals surface area contributed by atoms with Crippen molar-refractivity contribution in [3.05, 3.63) is 110 Å². The van der Waals surface area contributed by atoms with Gasteiger partial charge < -0.3 is 10.3 Å². The van der Waals surface area contributed by atoms with Crippen molar-refractivity contribution in [2.75, 3.05) is 11.9 Å². The molecular formula is C26H22BrClN4O4S. The molecule has 8 nitrogen and oxygen atoms in total. The fraction of sp³-hybridized carbons (Fsp3) is 0.115. The zero-order valence-electron chi connectivity index (χ0n) is 19.6.